The second-order valence-corrected chi connectivity index (χ2v) is 7.02. The fourth-order valence-electron chi connectivity index (χ4n) is 2.44. The van der Waals surface area contributed by atoms with Gasteiger partial charge in [0.2, 0.25) is 0 Å². The quantitative estimate of drug-likeness (QED) is 0.284. The van der Waals surface area contributed by atoms with Gasteiger partial charge < -0.3 is 48.2 Å². The van der Waals surface area contributed by atoms with Crippen LogP contribution in [0.25, 0.3) is 0 Å². The first-order valence-electron chi connectivity index (χ1n) is 12.4. The summed E-state index contributed by atoms with van der Waals surface area (Å²) < 4.78 is 36.9. The van der Waals surface area contributed by atoms with Gasteiger partial charge in [-0.1, -0.05) is 49.1 Å². The van der Waals surface area contributed by atoms with Crippen molar-refractivity contribution in [1.82, 2.24) is 21.2 Å². The molecule has 16 heteroatoms. The van der Waals surface area contributed by atoms with Gasteiger partial charge in [-0.25, -0.2) is 0 Å². The molecule has 0 unspecified atom stereocenters. The van der Waals surface area contributed by atoms with Crippen molar-refractivity contribution in [2.45, 2.75) is 12.8 Å². The van der Waals surface area contributed by atoms with Crippen LogP contribution in [0, 0.1) is 9.81 Å². The fraction of sp³-hybridized carbons (Fsp3) is 0.640. The topological polar surface area (TPSA) is 193 Å². The van der Waals surface area contributed by atoms with Gasteiger partial charge >= 0.3 is 29.6 Å². The molecule has 0 aliphatic carbocycles. The Bertz CT molecular complexity index is 567. The van der Waals surface area contributed by atoms with Crippen molar-refractivity contribution in [2.24, 2.45) is 0 Å². The molecular weight excluding hydrogens is 595 g/mol. The smallest absolute Gasteiger partial charge is 0.872 e. The molecule has 1 aromatic heterocycles. The number of nitroso groups, excluding NO2 is 2. The first kappa shape index (κ1) is 46.6. The van der Waals surface area contributed by atoms with E-state index in [-0.39, 0.29) is 52.4 Å². The van der Waals surface area contributed by atoms with E-state index in [1.54, 1.807) is 24.5 Å². The maximum Gasteiger partial charge on any atom is 1.00 e. The summed E-state index contributed by atoms with van der Waals surface area (Å²) in [7, 11) is 0. The van der Waals surface area contributed by atoms with Crippen molar-refractivity contribution in [1.29, 1.82) is 0 Å². The maximum absolute atomic E-state index is 10.3. The van der Waals surface area contributed by atoms with E-state index in [9.17, 15) is 5.11 Å². The van der Waals surface area contributed by atoms with E-state index in [0.717, 1.165) is 13.2 Å². The molecule has 3 heterocycles. The predicted molar refractivity (Wildman–Crippen MR) is 139 cm³/mol. The monoisotopic (exact) mass is 635 g/mol. The van der Waals surface area contributed by atoms with Crippen LogP contribution >= 0.6 is 0 Å². The van der Waals surface area contributed by atoms with E-state index in [1.807, 2.05) is 6.07 Å². The van der Waals surface area contributed by atoms with E-state index in [2.05, 4.69) is 9.97 Å². The fourth-order valence-corrected chi connectivity index (χ4v) is 2.44. The molecule has 0 N–H and O–H groups in total. The van der Waals surface area contributed by atoms with Crippen molar-refractivity contribution in [2.75, 3.05) is 92.5 Å². The summed E-state index contributed by atoms with van der Waals surface area (Å²) in [5.74, 6) is 0.0718. The molecule has 2 aromatic rings. The van der Waals surface area contributed by atoms with Crippen LogP contribution in [0.3, 0.4) is 0 Å². The Morgan fingerprint density at radius 3 is 1.05 bits per heavy atom. The van der Waals surface area contributed by atoms with Crippen molar-refractivity contribution >= 4 is 0 Å². The molecule has 2 aliphatic rings. The largest absolute Gasteiger partial charge is 1.00 e. The molecule has 0 amide bonds. The second-order valence-electron chi connectivity index (χ2n) is 7.02. The first-order valence-corrected chi connectivity index (χ1v) is 12.4. The van der Waals surface area contributed by atoms with Crippen LogP contribution in [0.2, 0.25) is 0 Å². The Morgan fingerprint density at radius 1 is 0.585 bits per heavy atom. The number of nitrogens with zero attached hydrogens (tertiary/aromatic N) is 4. The zero-order valence-corrected chi connectivity index (χ0v) is 26.8. The number of hydrogen-bond acceptors (Lipinski definition) is 11. The summed E-state index contributed by atoms with van der Waals surface area (Å²) in [6.45, 7) is 9.04. The average Bonchev–Trinajstić information content (AvgIpc) is 3.76. The minimum absolute atomic E-state index is 0. The Kier molecular flexibility index (Phi) is 51.9. The molecule has 1 aromatic carbocycles. The molecular formula is C25H40FeN4NaO10-. The average molecular weight is 635 g/mol. The molecule has 230 valence electrons. The number of hydrogen-bond donors (Lipinski definition) is 0. The van der Waals surface area contributed by atoms with Gasteiger partial charge in [0.15, 0.2) is 0 Å². The summed E-state index contributed by atoms with van der Waals surface area (Å²) in [5.41, 5.74) is 11.5. The van der Waals surface area contributed by atoms with E-state index in [0.29, 0.717) is 79.3 Å². The third kappa shape index (κ3) is 43.3. The molecule has 0 spiro atoms. The third-order valence-electron chi connectivity index (χ3n) is 4.17. The molecule has 0 bridgehead atoms. The van der Waals surface area contributed by atoms with E-state index in [1.165, 1.54) is 31.3 Å². The minimum atomic E-state index is 0. The zero-order chi connectivity index (χ0) is 28.9. The molecule has 2 aliphatic heterocycles. The Hall–Kier alpha value is -1.33. The summed E-state index contributed by atoms with van der Waals surface area (Å²) in [6.07, 6.45) is 7.33. The summed E-state index contributed by atoms with van der Waals surface area (Å²) >= 11 is 0. The number of aromatic nitrogens is 2. The van der Waals surface area contributed by atoms with Gasteiger partial charge in [0.05, 0.1) is 79.3 Å². The molecule has 14 nitrogen and oxygen atoms in total. The van der Waals surface area contributed by atoms with Gasteiger partial charge in [0.25, 0.3) is 0 Å². The van der Waals surface area contributed by atoms with E-state index >= 15 is 0 Å². The van der Waals surface area contributed by atoms with Crippen LogP contribution in [0.1, 0.15) is 12.8 Å². The molecule has 41 heavy (non-hydrogen) atoms. The zero-order valence-electron chi connectivity index (χ0n) is 23.7. The number of rotatable bonds is 0. The molecule has 2 fully saturated rings. The first-order chi connectivity index (χ1) is 19.4. The van der Waals surface area contributed by atoms with E-state index in [4.69, 9.17) is 54.2 Å². The molecule has 0 saturated carbocycles. The van der Waals surface area contributed by atoms with Gasteiger partial charge in [0.1, 0.15) is 11.2 Å². The van der Waals surface area contributed by atoms with E-state index < -0.39 is 0 Å². The normalized spacial score (nSPS) is 16.1. The van der Waals surface area contributed by atoms with Crippen molar-refractivity contribution in [3.63, 3.8) is 0 Å². The van der Waals surface area contributed by atoms with Crippen LogP contribution in [-0.4, -0.2) is 97.5 Å². The van der Waals surface area contributed by atoms with Crippen LogP contribution in [0.15, 0.2) is 49.1 Å². The van der Waals surface area contributed by atoms with Gasteiger partial charge in [0, 0.05) is 30.3 Å². The molecule has 0 atom stereocenters. The summed E-state index contributed by atoms with van der Waals surface area (Å²) in [4.78, 5) is 21.7. The van der Waals surface area contributed by atoms with Crippen LogP contribution in [0.5, 0.6) is 5.75 Å². The number of ether oxygens (including phenoxy) is 7. The predicted octanol–water partition coefficient (Wildman–Crippen LogP) is -2.20. The Morgan fingerprint density at radius 2 is 0.902 bits per heavy atom. The van der Waals surface area contributed by atoms with Crippen molar-refractivity contribution < 1.29 is 84.9 Å². The summed E-state index contributed by atoms with van der Waals surface area (Å²) in [5, 5.41) is 10.3. The van der Waals surface area contributed by atoms with Gasteiger partial charge in [-0.3, -0.25) is 0 Å². The van der Waals surface area contributed by atoms with Gasteiger partial charge in [-0.15, -0.1) is 15.6 Å². The Balaban J connectivity index is -0.000000244. The molecule has 2 radical (unpaired) electrons. The molecule has 4 rings (SSSR count). The number of imidazole rings is 1. The van der Waals surface area contributed by atoms with Crippen molar-refractivity contribution in [3.05, 3.63) is 58.9 Å². The Labute approximate surface area is 274 Å². The van der Waals surface area contributed by atoms with Crippen LogP contribution in [0.4, 0.5) is 0 Å². The van der Waals surface area contributed by atoms with Crippen molar-refractivity contribution in [3.8, 4) is 5.75 Å². The standard InChI is InChI=1S/C12H24O6.C6H6O.C4H8O.C3H3N2.Fe.2NO.Na/c1-2-14-5-6-16-9-10-18-12-11-17-8-7-15-4-3-13-1;7-6-4-2-1-3-5-6;1-2-4-5-3-1;1-2-5-3-4-1;;2*1-2;/h1-12H2;1-5,7H;1-4H2;1-3H;;;;/q;;;-1;;;;+1/p-1. The summed E-state index contributed by atoms with van der Waals surface area (Å²) in [6, 6.07) is 8.33. The number of para-hydroxylation sites is 1. The SMILES string of the molecule is C1CCOC1.C1COCCOCCOCCOCCOCCO1.[Fe].[N]=O.[N]=O.[Na+].[O-]c1ccccc1.c1c[n-]cn1. The third-order valence-corrected chi connectivity index (χ3v) is 4.17. The van der Waals surface area contributed by atoms with Crippen LogP contribution < -0.4 is 50.8 Å². The second kappa shape index (κ2) is 45.7. The minimum Gasteiger partial charge on any atom is -0.872 e. The number of benzene rings is 1. The molecule has 2 saturated heterocycles. The van der Waals surface area contributed by atoms with Gasteiger partial charge in [-0.05, 0) is 12.8 Å². The van der Waals surface area contributed by atoms with Gasteiger partial charge in [-0.2, -0.15) is 0 Å². The van der Waals surface area contributed by atoms with Crippen LogP contribution in [-0.2, 0) is 50.2 Å². The maximum atomic E-state index is 10.3.